The lowest BCUT2D eigenvalue weighted by Crippen LogP contribution is -2.51. The number of amides is 1. The maximum absolute atomic E-state index is 12.3. The lowest BCUT2D eigenvalue weighted by molar-refractivity contribution is -0.123. The third kappa shape index (κ3) is 3.58. The third-order valence-corrected chi connectivity index (χ3v) is 5.81. The van der Waals surface area contributed by atoms with Crippen LogP contribution >= 0.6 is 11.8 Å². The van der Waals surface area contributed by atoms with Gasteiger partial charge in [-0.15, -0.1) is 0 Å². The zero-order valence-electron chi connectivity index (χ0n) is 13.9. The van der Waals surface area contributed by atoms with Gasteiger partial charge in [-0.1, -0.05) is 6.07 Å². The van der Waals surface area contributed by atoms with Gasteiger partial charge < -0.3 is 15.8 Å². The first-order valence-electron chi connectivity index (χ1n) is 7.66. The van der Waals surface area contributed by atoms with Gasteiger partial charge in [0.05, 0.1) is 13.2 Å². The van der Waals surface area contributed by atoms with Crippen molar-refractivity contribution in [2.75, 3.05) is 13.4 Å². The Balaban J connectivity index is 2.07. The van der Waals surface area contributed by atoms with Crippen molar-refractivity contribution < 1.29 is 9.53 Å². The first-order valence-corrected chi connectivity index (χ1v) is 8.88. The number of nitrogens with one attached hydrogen (secondary N) is 1. The zero-order chi connectivity index (χ0) is 16.3. The quantitative estimate of drug-likeness (QED) is 0.843. The van der Waals surface area contributed by atoms with Crippen LogP contribution in [0.3, 0.4) is 0 Å². The minimum absolute atomic E-state index is 0.123. The number of benzene rings is 1. The van der Waals surface area contributed by atoms with E-state index in [1.54, 1.807) is 18.9 Å². The maximum atomic E-state index is 12.3. The van der Waals surface area contributed by atoms with E-state index < -0.39 is 6.04 Å². The molecule has 0 radical (unpaired) electrons. The van der Waals surface area contributed by atoms with Gasteiger partial charge in [-0.3, -0.25) is 4.79 Å². The first kappa shape index (κ1) is 17.2. The molecule has 1 aliphatic rings. The lowest BCUT2D eigenvalue weighted by Gasteiger charge is -2.28. The largest absolute Gasteiger partial charge is 0.496 e. The number of aryl methyl sites for hydroxylation is 2. The number of nitrogens with two attached hydrogens (primary N) is 1. The molecule has 0 aromatic heterocycles. The van der Waals surface area contributed by atoms with Crippen LogP contribution < -0.4 is 15.8 Å². The van der Waals surface area contributed by atoms with Crippen LogP contribution in [0.5, 0.6) is 5.75 Å². The van der Waals surface area contributed by atoms with Gasteiger partial charge in [0.15, 0.2) is 0 Å². The first-order chi connectivity index (χ1) is 10.4. The summed E-state index contributed by atoms with van der Waals surface area (Å²) in [6.07, 6.45) is 5.39. The molecule has 1 aliphatic carbocycles. The van der Waals surface area contributed by atoms with Crippen LogP contribution in [0.2, 0.25) is 0 Å². The maximum Gasteiger partial charge on any atom is 0.238 e. The average Bonchev–Trinajstić information content (AvgIpc) is 2.97. The van der Waals surface area contributed by atoms with E-state index in [1.807, 2.05) is 20.1 Å². The molecule has 0 fully saturated rings. The number of ether oxygens (including phenoxy) is 1. The van der Waals surface area contributed by atoms with E-state index >= 15 is 0 Å². The number of thioether (sulfide) groups is 1. The molecule has 1 aromatic carbocycles. The van der Waals surface area contributed by atoms with E-state index in [4.69, 9.17) is 10.5 Å². The van der Waals surface area contributed by atoms with Crippen molar-refractivity contribution in [3.8, 4) is 5.75 Å². The van der Waals surface area contributed by atoms with E-state index in [0.29, 0.717) is 6.54 Å². The molecule has 0 heterocycles. The summed E-state index contributed by atoms with van der Waals surface area (Å²) < 4.78 is 5.18. The van der Waals surface area contributed by atoms with Gasteiger partial charge in [0, 0.05) is 16.9 Å². The Hall–Kier alpha value is -1.20. The number of rotatable bonds is 6. The zero-order valence-corrected chi connectivity index (χ0v) is 14.7. The van der Waals surface area contributed by atoms with Crippen LogP contribution in [-0.4, -0.2) is 30.1 Å². The van der Waals surface area contributed by atoms with Crippen molar-refractivity contribution in [2.24, 2.45) is 5.73 Å². The summed E-state index contributed by atoms with van der Waals surface area (Å²) >= 11 is 1.60. The van der Waals surface area contributed by atoms with Crippen molar-refractivity contribution in [3.05, 3.63) is 28.8 Å². The highest BCUT2D eigenvalue weighted by Crippen LogP contribution is 2.30. The molecular formula is C17H26N2O2S. The molecule has 4 nitrogen and oxygen atoms in total. The standard InChI is InChI=1S/C17H26N2O2S/c1-17(2,22-4)15(18)16(20)19-10-13-8-11-6-5-7-12(11)9-14(13)21-3/h8-9,15H,5-7,10,18H2,1-4H3,(H,19,20)/t15-/m1/s1. The molecule has 5 heteroatoms. The summed E-state index contributed by atoms with van der Waals surface area (Å²) in [4.78, 5) is 12.3. The number of carbonyl (C=O) groups is 1. The van der Waals surface area contributed by atoms with E-state index in [0.717, 1.165) is 24.2 Å². The molecular weight excluding hydrogens is 296 g/mol. The van der Waals surface area contributed by atoms with E-state index in [9.17, 15) is 4.79 Å². The van der Waals surface area contributed by atoms with Crippen molar-refractivity contribution in [2.45, 2.75) is 50.4 Å². The second kappa shape index (κ2) is 6.92. The third-order valence-electron chi connectivity index (χ3n) is 4.51. The molecule has 22 heavy (non-hydrogen) atoms. The van der Waals surface area contributed by atoms with Gasteiger partial charge in [-0.2, -0.15) is 11.8 Å². The normalized spacial score (nSPS) is 15.3. The second-order valence-corrected chi connectivity index (χ2v) is 7.75. The average molecular weight is 322 g/mol. The minimum atomic E-state index is -0.539. The summed E-state index contributed by atoms with van der Waals surface area (Å²) in [5, 5.41) is 2.95. The molecule has 0 spiro atoms. The van der Waals surface area contributed by atoms with Crippen molar-refractivity contribution in [1.82, 2.24) is 5.32 Å². The molecule has 0 unspecified atom stereocenters. The number of fused-ring (bicyclic) bond motifs is 1. The fourth-order valence-corrected chi connectivity index (χ4v) is 3.08. The van der Waals surface area contributed by atoms with E-state index in [1.165, 1.54) is 17.5 Å². The summed E-state index contributed by atoms with van der Waals surface area (Å²) in [6.45, 7) is 4.42. The van der Waals surface area contributed by atoms with Gasteiger partial charge in [-0.05, 0) is 56.6 Å². The topological polar surface area (TPSA) is 64.3 Å². The van der Waals surface area contributed by atoms with Crippen molar-refractivity contribution in [1.29, 1.82) is 0 Å². The predicted octanol–water partition coefficient (Wildman–Crippen LogP) is 2.27. The Morgan fingerprint density at radius 3 is 2.64 bits per heavy atom. The molecule has 0 saturated heterocycles. The van der Waals surface area contributed by atoms with Crippen LogP contribution in [0.1, 0.15) is 37.0 Å². The van der Waals surface area contributed by atoms with Gasteiger partial charge >= 0.3 is 0 Å². The smallest absolute Gasteiger partial charge is 0.238 e. The molecule has 0 saturated carbocycles. The van der Waals surface area contributed by atoms with Gasteiger partial charge in [0.2, 0.25) is 5.91 Å². The summed E-state index contributed by atoms with van der Waals surface area (Å²) in [7, 11) is 1.67. The van der Waals surface area contributed by atoms with Crippen LogP contribution in [0.15, 0.2) is 12.1 Å². The molecule has 1 amide bonds. The molecule has 1 atom stereocenters. The SMILES string of the molecule is COc1cc2c(cc1CNC(=O)[C@@H](N)C(C)(C)SC)CCC2. The van der Waals surface area contributed by atoms with Crippen LogP contribution in [0.25, 0.3) is 0 Å². The molecule has 2 rings (SSSR count). The molecule has 3 N–H and O–H groups in total. The van der Waals surface area contributed by atoms with Gasteiger partial charge in [0.25, 0.3) is 0 Å². The summed E-state index contributed by atoms with van der Waals surface area (Å²) in [5.74, 6) is 0.723. The molecule has 1 aromatic rings. The molecule has 0 bridgehead atoms. The predicted molar refractivity (Wildman–Crippen MR) is 92.4 cm³/mol. The fourth-order valence-electron chi connectivity index (χ4n) is 2.72. The van der Waals surface area contributed by atoms with E-state index in [2.05, 4.69) is 17.4 Å². The number of hydrogen-bond acceptors (Lipinski definition) is 4. The highest BCUT2D eigenvalue weighted by Gasteiger charge is 2.31. The lowest BCUT2D eigenvalue weighted by atomic mass is 10.0. The molecule has 122 valence electrons. The van der Waals surface area contributed by atoms with Gasteiger partial charge in [-0.25, -0.2) is 0 Å². The van der Waals surface area contributed by atoms with Crippen LogP contribution in [0.4, 0.5) is 0 Å². The molecule has 0 aliphatic heterocycles. The van der Waals surface area contributed by atoms with Crippen molar-refractivity contribution >= 4 is 17.7 Å². The highest BCUT2D eigenvalue weighted by molar-refractivity contribution is 8.00. The van der Waals surface area contributed by atoms with Crippen molar-refractivity contribution in [3.63, 3.8) is 0 Å². The van der Waals surface area contributed by atoms with Crippen LogP contribution in [0, 0.1) is 0 Å². The Morgan fingerprint density at radius 1 is 1.41 bits per heavy atom. The Morgan fingerprint density at radius 2 is 2.05 bits per heavy atom. The fraction of sp³-hybridized carbons (Fsp3) is 0.588. The number of methoxy groups -OCH3 is 1. The summed E-state index contributed by atoms with van der Waals surface area (Å²) in [5.41, 5.74) is 9.83. The van der Waals surface area contributed by atoms with Gasteiger partial charge in [0.1, 0.15) is 5.75 Å². The minimum Gasteiger partial charge on any atom is -0.496 e. The number of carbonyl (C=O) groups excluding carboxylic acids is 1. The number of hydrogen-bond donors (Lipinski definition) is 2. The monoisotopic (exact) mass is 322 g/mol. The summed E-state index contributed by atoms with van der Waals surface area (Å²) in [6, 6.07) is 3.73. The Labute approximate surface area is 137 Å². The van der Waals surface area contributed by atoms with E-state index in [-0.39, 0.29) is 10.7 Å². The second-order valence-electron chi connectivity index (χ2n) is 6.29. The highest BCUT2D eigenvalue weighted by atomic mass is 32.2. The Kier molecular flexibility index (Phi) is 5.40. The Bertz CT molecular complexity index is 558. The van der Waals surface area contributed by atoms with Crippen LogP contribution in [-0.2, 0) is 24.2 Å².